The van der Waals surface area contributed by atoms with Gasteiger partial charge in [-0.2, -0.15) is 5.10 Å². The molecule has 0 aliphatic carbocycles. The molecule has 4 N–H and O–H groups in total. The van der Waals surface area contributed by atoms with E-state index in [1.165, 1.54) is 10.9 Å². The first kappa shape index (κ1) is 11.5. The fourth-order valence-electron chi connectivity index (χ4n) is 1.16. The average molecular weight is 212 g/mol. The highest BCUT2D eigenvalue weighted by atomic mass is 16.3. The second-order valence-electron chi connectivity index (χ2n) is 3.33. The molecule has 1 unspecified atom stereocenters. The quantitative estimate of drug-likeness (QED) is 0.627. The van der Waals surface area contributed by atoms with Gasteiger partial charge in [-0.15, -0.1) is 0 Å². The molecule has 0 fully saturated rings. The minimum Gasteiger partial charge on any atom is -0.394 e. The Labute approximate surface area is 88.1 Å². The van der Waals surface area contributed by atoms with Gasteiger partial charge in [0.25, 0.3) is 5.91 Å². The van der Waals surface area contributed by atoms with Crippen molar-refractivity contribution in [2.45, 2.75) is 19.4 Å². The first-order chi connectivity index (χ1) is 7.10. The van der Waals surface area contributed by atoms with E-state index in [4.69, 9.17) is 10.8 Å². The number of nitrogen functional groups attached to an aromatic ring is 1. The number of carbonyl (C=O) groups is 1. The number of aromatic nitrogens is 2. The lowest BCUT2D eigenvalue weighted by atomic mass is 10.2. The summed E-state index contributed by atoms with van der Waals surface area (Å²) in [4.78, 5) is 11.7. The maximum Gasteiger partial charge on any atom is 0.256 e. The molecule has 1 heterocycles. The molecule has 0 spiro atoms. The van der Waals surface area contributed by atoms with Crippen molar-refractivity contribution in [1.29, 1.82) is 0 Å². The highest BCUT2D eigenvalue weighted by Gasteiger charge is 2.16. The standard InChI is InChI=1S/C9H16N4O2/c1-3-6(5-14)12-9(15)7-4-11-13(2)8(7)10/h4,6,14H,3,5,10H2,1-2H3,(H,12,15). The minimum absolute atomic E-state index is 0.0809. The second kappa shape index (κ2) is 4.79. The van der Waals surface area contributed by atoms with Crippen molar-refractivity contribution in [3.05, 3.63) is 11.8 Å². The number of hydrogen-bond acceptors (Lipinski definition) is 4. The molecule has 0 bridgehead atoms. The Kier molecular flexibility index (Phi) is 3.68. The van der Waals surface area contributed by atoms with Crippen LogP contribution in [-0.2, 0) is 7.05 Å². The summed E-state index contributed by atoms with van der Waals surface area (Å²) in [6.45, 7) is 1.80. The first-order valence-electron chi connectivity index (χ1n) is 4.79. The molecule has 6 nitrogen and oxygen atoms in total. The second-order valence-corrected chi connectivity index (χ2v) is 3.33. The summed E-state index contributed by atoms with van der Waals surface area (Å²) in [5.74, 6) is 0.0155. The van der Waals surface area contributed by atoms with Crippen LogP contribution < -0.4 is 11.1 Å². The monoisotopic (exact) mass is 212 g/mol. The Morgan fingerprint density at radius 3 is 2.87 bits per heavy atom. The summed E-state index contributed by atoms with van der Waals surface area (Å²) in [7, 11) is 1.66. The molecule has 84 valence electrons. The Bertz CT molecular complexity index is 344. The van der Waals surface area contributed by atoms with Crippen LogP contribution >= 0.6 is 0 Å². The van der Waals surface area contributed by atoms with Crippen molar-refractivity contribution in [2.24, 2.45) is 7.05 Å². The van der Waals surface area contributed by atoms with Gasteiger partial charge in [-0.3, -0.25) is 9.48 Å². The molecule has 0 saturated carbocycles. The Morgan fingerprint density at radius 2 is 2.47 bits per heavy atom. The van der Waals surface area contributed by atoms with Gasteiger partial charge < -0.3 is 16.2 Å². The van der Waals surface area contributed by atoms with E-state index in [2.05, 4.69) is 10.4 Å². The molecule has 1 rings (SSSR count). The van der Waals surface area contributed by atoms with Gasteiger partial charge >= 0.3 is 0 Å². The maximum absolute atomic E-state index is 11.7. The van der Waals surface area contributed by atoms with E-state index >= 15 is 0 Å². The summed E-state index contributed by atoms with van der Waals surface area (Å²) in [5.41, 5.74) is 5.98. The summed E-state index contributed by atoms with van der Waals surface area (Å²) < 4.78 is 1.43. The molecule has 0 saturated heterocycles. The van der Waals surface area contributed by atoms with Crippen molar-refractivity contribution in [2.75, 3.05) is 12.3 Å². The Morgan fingerprint density at radius 1 is 1.80 bits per heavy atom. The molecule has 1 aromatic heterocycles. The zero-order chi connectivity index (χ0) is 11.4. The Hall–Kier alpha value is -1.56. The predicted octanol–water partition coefficient (Wildman–Crippen LogP) is -0.497. The van der Waals surface area contributed by atoms with Crippen LogP contribution in [0.15, 0.2) is 6.20 Å². The zero-order valence-electron chi connectivity index (χ0n) is 8.90. The maximum atomic E-state index is 11.7. The Balaban J connectivity index is 2.73. The van der Waals surface area contributed by atoms with E-state index in [1.807, 2.05) is 6.92 Å². The molecular formula is C9H16N4O2. The van der Waals surface area contributed by atoms with Gasteiger partial charge in [-0.05, 0) is 6.42 Å². The van der Waals surface area contributed by atoms with Crippen LogP contribution in [0.3, 0.4) is 0 Å². The van der Waals surface area contributed by atoms with E-state index in [0.29, 0.717) is 17.8 Å². The van der Waals surface area contributed by atoms with Crippen LogP contribution in [-0.4, -0.2) is 33.4 Å². The molecular weight excluding hydrogens is 196 g/mol. The summed E-state index contributed by atoms with van der Waals surface area (Å²) >= 11 is 0. The van der Waals surface area contributed by atoms with Gasteiger partial charge in [0.2, 0.25) is 0 Å². The molecule has 0 aliphatic heterocycles. The zero-order valence-corrected chi connectivity index (χ0v) is 8.90. The molecule has 1 amide bonds. The van der Waals surface area contributed by atoms with Crippen molar-refractivity contribution >= 4 is 11.7 Å². The molecule has 0 aromatic carbocycles. The summed E-state index contributed by atoms with van der Waals surface area (Å²) in [6, 6.07) is -0.239. The van der Waals surface area contributed by atoms with Crippen molar-refractivity contribution < 1.29 is 9.90 Å². The number of aryl methyl sites for hydroxylation is 1. The van der Waals surface area contributed by atoms with Crippen molar-refractivity contribution in [3.8, 4) is 0 Å². The van der Waals surface area contributed by atoms with E-state index in [-0.39, 0.29) is 18.6 Å². The smallest absolute Gasteiger partial charge is 0.256 e. The average Bonchev–Trinajstić information content (AvgIpc) is 2.56. The third-order valence-electron chi connectivity index (χ3n) is 2.28. The van der Waals surface area contributed by atoms with Gasteiger partial charge in [0.1, 0.15) is 11.4 Å². The van der Waals surface area contributed by atoms with Crippen LogP contribution in [0, 0.1) is 0 Å². The molecule has 15 heavy (non-hydrogen) atoms. The number of nitrogens with zero attached hydrogens (tertiary/aromatic N) is 2. The van der Waals surface area contributed by atoms with E-state index in [9.17, 15) is 4.79 Å². The van der Waals surface area contributed by atoms with Gasteiger partial charge in [0.15, 0.2) is 0 Å². The first-order valence-corrected chi connectivity index (χ1v) is 4.79. The lowest BCUT2D eigenvalue weighted by Crippen LogP contribution is -2.37. The third-order valence-corrected chi connectivity index (χ3v) is 2.28. The highest BCUT2D eigenvalue weighted by Crippen LogP contribution is 2.09. The van der Waals surface area contributed by atoms with Crippen LogP contribution in [0.4, 0.5) is 5.82 Å². The van der Waals surface area contributed by atoms with Gasteiger partial charge in [-0.25, -0.2) is 0 Å². The van der Waals surface area contributed by atoms with Crippen LogP contribution in [0.1, 0.15) is 23.7 Å². The van der Waals surface area contributed by atoms with Gasteiger partial charge in [0.05, 0.1) is 18.8 Å². The van der Waals surface area contributed by atoms with Gasteiger partial charge in [-0.1, -0.05) is 6.92 Å². The van der Waals surface area contributed by atoms with E-state index < -0.39 is 0 Å². The van der Waals surface area contributed by atoms with Crippen LogP contribution in [0.5, 0.6) is 0 Å². The van der Waals surface area contributed by atoms with Crippen molar-refractivity contribution in [1.82, 2.24) is 15.1 Å². The van der Waals surface area contributed by atoms with E-state index in [1.54, 1.807) is 7.05 Å². The number of nitrogens with two attached hydrogens (primary N) is 1. The van der Waals surface area contributed by atoms with Crippen LogP contribution in [0.2, 0.25) is 0 Å². The number of anilines is 1. The predicted molar refractivity (Wildman–Crippen MR) is 56.3 cm³/mol. The molecule has 1 atom stereocenters. The normalized spacial score (nSPS) is 12.5. The number of aliphatic hydroxyl groups is 1. The third kappa shape index (κ3) is 2.47. The molecule has 1 aromatic rings. The minimum atomic E-state index is -0.304. The molecule has 0 aliphatic rings. The number of rotatable bonds is 4. The summed E-state index contributed by atoms with van der Waals surface area (Å²) in [6.07, 6.45) is 2.08. The SMILES string of the molecule is CCC(CO)NC(=O)c1cnn(C)c1N. The summed E-state index contributed by atoms with van der Waals surface area (Å²) in [5, 5.41) is 15.5. The largest absolute Gasteiger partial charge is 0.394 e. The number of amides is 1. The number of aliphatic hydroxyl groups excluding tert-OH is 1. The van der Waals surface area contributed by atoms with Crippen molar-refractivity contribution in [3.63, 3.8) is 0 Å². The highest BCUT2D eigenvalue weighted by molar-refractivity contribution is 5.98. The van der Waals surface area contributed by atoms with E-state index in [0.717, 1.165) is 0 Å². The van der Waals surface area contributed by atoms with Crippen LogP contribution in [0.25, 0.3) is 0 Å². The molecule has 0 radical (unpaired) electrons. The molecule has 6 heteroatoms. The van der Waals surface area contributed by atoms with Gasteiger partial charge in [0, 0.05) is 7.05 Å². The fourth-order valence-corrected chi connectivity index (χ4v) is 1.16. The lowest BCUT2D eigenvalue weighted by Gasteiger charge is -2.13. The number of carbonyl (C=O) groups excluding carboxylic acids is 1. The fraction of sp³-hybridized carbons (Fsp3) is 0.556. The lowest BCUT2D eigenvalue weighted by molar-refractivity contribution is 0.0916. The number of nitrogens with one attached hydrogen (secondary N) is 1. The number of hydrogen-bond donors (Lipinski definition) is 3. The topological polar surface area (TPSA) is 93.2 Å².